The molecular formula is C13H19BrF2N2. The Hall–Kier alpha value is -0.520. The lowest BCUT2D eigenvalue weighted by atomic mass is 9.87. The molecule has 3 N–H and O–H groups in total. The molecule has 0 saturated heterocycles. The third-order valence-electron chi connectivity index (χ3n) is 2.82. The molecule has 2 nitrogen and oxygen atoms in total. The van der Waals surface area contributed by atoms with Gasteiger partial charge >= 0.3 is 0 Å². The van der Waals surface area contributed by atoms with Crippen LogP contribution in [0.15, 0.2) is 16.6 Å². The summed E-state index contributed by atoms with van der Waals surface area (Å²) in [6.07, 6.45) is 1.68. The number of nitrogens with two attached hydrogens (primary N) is 1. The molecule has 102 valence electrons. The van der Waals surface area contributed by atoms with Crippen LogP contribution in [0, 0.1) is 17.0 Å². The molecule has 18 heavy (non-hydrogen) atoms. The molecule has 0 saturated carbocycles. The van der Waals surface area contributed by atoms with Crippen LogP contribution in [-0.4, -0.2) is 0 Å². The number of benzene rings is 1. The van der Waals surface area contributed by atoms with E-state index in [4.69, 9.17) is 5.84 Å². The standard InChI is InChI=1S/C13H19BrF2N2/c1-13(2,3)7-6-10(18-17)8-4-5-9(15)12(16)11(8)14/h4-5,10,18H,6-7,17H2,1-3H3. The number of hydrazine groups is 1. The monoisotopic (exact) mass is 320 g/mol. The first-order valence-corrected chi connectivity index (χ1v) is 6.65. The maximum absolute atomic E-state index is 13.5. The molecule has 1 atom stereocenters. The summed E-state index contributed by atoms with van der Waals surface area (Å²) in [7, 11) is 0. The highest BCUT2D eigenvalue weighted by atomic mass is 79.9. The van der Waals surface area contributed by atoms with Crippen LogP contribution in [-0.2, 0) is 0 Å². The largest absolute Gasteiger partial charge is 0.271 e. The molecule has 1 rings (SSSR count). The van der Waals surface area contributed by atoms with E-state index >= 15 is 0 Å². The van der Waals surface area contributed by atoms with Crippen molar-refractivity contribution in [1.82, 2.24) is 5.43 Å². The van der Waals surface area contributed by atoms with Gasteiger partial charge < -0.3 is 0 Å². The Labute approximate surface area is 115 Å². The minimum Gasteiger partial charge on any atom is -0.271 e. The minimum atomic E-state index is -0.872. The Bertz CT molecular complexity index is 416. The van der Waals surface area contributed by atoms with Crippen LogP contribution in [0.5, 0.6) is 0 Å². The Morgan fingerprint density at radius 2 is 1.94 bits per heavy atom. The normalized spacial score (nSPS) is 13.7. The number of rotatable bonds is 4. The summed E-state index contributed by atoms with van der Waals surface area (Å²) in [4.78, 5) is 0. The van der Waals surface area contributed by atoms with Gasteiger partial charge in [-0.3, -0.25) is 11.3 Å². The molecule has 1 aromatic rings. The second-order valence-electron chi connectivity index (χ2n) is 5.58. The highest BCUT2D eigenvalue weighted by molar-refractivity contribution is 9.10. The third-order valence-corrected chi connectivity index (χ3v) is 3.63. The van der Waals surface area contributed by atoms with E-state index in [2.05, 4.69) is 42.1 Å². The Morgan fingerprint density at radius 1 is 1.33 bits per heavy atom. The Kier molecular flexibility index (Phi) is 5.25. The molecule has 0 spiro atoms. The number of halogens is 3. The lowest BCUT2D eigenvalue weighted by molar-refractivity contribution is 0.332. The van der Waals surface area contributed by atoms with Gasteiger partial charge in [0.1, 0.15) is 0 Å². The van der Waals surface area contributed by atoms with Crippen molar-refractivity contribution in [2.45, 2.75) is 39.7 Å². The van der Waals surface area contributed by atoms with Gasteiger partial charge in [-0.05, 0) is 45.8 Å². The van der Waals surface area contributed by atoms with E-state index in [0.717, 1.165) is 18.9 Å². The quantitative estimate of drug-likeness (QED) is 0.499. The van der Waals surface area contributed by atoms with Gasteiger partial charge in [-0.25, -0.2) is 8.78 Å². The molecule has 0 aliphatic carbocycles. The highest BCUT2D eigenvalue weighted by Gasteiger charge is 2.20. The fraction of sp³-hybridized carbons (Fsp3) is 0.538. The molecule has 0 heterocycles. The lowest BCUT2D eigenvalue weighted by Crippen LogP contribution is -2.29. The third kappa shape index (κ3) is 4.00. The van der Waals surface area contributed by atoms with Crippen LogP contribution in [0.1, 0.15) is 45.2 Å². The second-order valence-corrected chi connectivity index (χ2v) is 6.38. The van der Waals surface area contributed by atoms with E-state index in [-0.39, 0.29) is 15.9 Å². The zero-order valence-corrected chi connectivity index (χ0v) is 12.4. The topological polar surface area (TPSA) is 38.0 Å². The first kappa shape index (κ1) is 15.5. The predicted molar refractivity (Wildman–Crippen MR) is 72.8 cm³/mol. The number of hydrogen-bond donors (Lipinski definition) is 2. The molecular weight excluding hydrogens is 302 g/mol. The highest BCUT2D eigenvalue weighted by Crippen LogP contribution is 2.32. The molecule has 0 aliphatic heterocycles. The van der Waals surface area contributed by atoms with Crippen molar-refractivity contribution < 1.29 is 8.78 Å². The summed E-state index contributed by atoms with van der Waals surface area (Å²) in [6, 6.07) is 2.47. The van der Waals surface area contributed by atoms with E-state index < -0.39 is 11.6 Å². The van der Waals surface area contributed by atoms with Gasteiger partial charge in [0.25, 0.3) is 0 Å². The van der Waals surface area contributed by atoms with Crippen molar-refractivity contribution >= 4 is 15.9 Å². The van der Waals surface area contributed by atoms with Crippen LogP contribution < -0.4 is 11.3 Å². The molecule has 0 aliphatic rings. The van der Waals surface area contributed by atoms with Gasteiger partial charge in [-0.2, -0.15) is 0 Å². The van der Waals surface area contributed by atoms with E-state index in [0.29, 0.717) is 5.56 Å². The molecule has 0 radical (unpaired) electrons. The van der Waals surface area contributed by atoms with Crippen molar-refractivity contribution in [3.05, 3.63) is 33.8 Å². The average molecular weight is 321 g/mol. The van der Waals surface area contributed by atoms with Crippen LogP contribution in [0.2, 0.25) is 0 Å². The molecule has 0 fully saturated rings. The molecule has 1 unspecified atom stereocenters. The molecule has 1 aromatic carbocycles. The van der Waals surface area contributed by atoms with Crippen molar-refractivity contribution in [2.24, 2.45) is 11.3 Å². The SMILES string of the molecule is CC(C)(C)CCC(NN)c1ccc(F)c(F)c1Br. The summed E-state index contributed by atoms with van der Waals surface area (Å²) in [6.45, 7) is 6.38. The number of hydrogen-bond acceptors (Lipinski definition) is 2. The fourth-order valence-corrected chi connectivity index (χ4v) is 2.31. The average Bonchev–Trinajstić information content (AvgIpc) is 2.28. The van der Waals surface area contributed by atoms with E-state index in [1.165, 1.54) is 0 Å². The predicted octanol–water partition coefficient (Wildman–Crippen LogP) is 4.06. The first-order chi connectivity index (χ1) is 8.26. The molecule has 0 aromatic heterocycles. The van der Waals surface area contributed by atoms with Gasteiger partial charge in [0.2, 0.25) is 0 Å². The van der Waals surface area contributed by atoms with Crippen LogP contribution >= 0.6 is 15.9 Å². The van der Waals surface area contributed by atoms with Gasteiger partial charge in [-0.15, -0.1) is 0 Å². The first-order valence-electron chi connectivity index (χ1n) is 5.86. The summed E-state index contributed by atoms with van der Waals surface area (Å²) in [5.41, 5.74) is 3.47. The van der Waals surface area contributed by atoms with E-state index in [1.54, 1.807) is 6.07 Å². The summed E-state index contributed by atoms with van der Waals surface area (Å²) in [5, 5.41) is 0. The Morgan fingerprint density at radius 3 is 2.44 bits per heavy atom. The van der Waals surface area contributed by atoms with Crippen LogP contribution in [0.3, 0.4) is 0 Å². The van der Waals surface area contributed by atoms with Gasteiger partial charge in [-0.1, -0.05) is 26.8 Å². The minimum absolute atomic E-state index is 0.138. The number of nitrogens with one attached hydrogen (secondary N) is 1. The smallest absolute Gasteiger partial charge is 0.173 e. The van der Waals surface area contributed by atoms with Crippen molar-refractivity contribution in [3.63, 3.8) is 0 Å². The molecule has 5 heteroatoms. The maximum Gasteiger partial charge on any atom is 0.173 e. The Balaban J connectivity index is 2.92. The van der Waals surface area contributed by atoms with E-state index in [1.807, 2.05) is 0 Å². The maximum atomic E-state index is 13.5. The van der Waals surface area contributed by atoms with Gasteiger partial charge in [0.15, 0.2) is 11.6 Å². The summed E-state index contributed by atoms with van der Waals surface area (Å²) >= 11 is 3.08. The van der Waals surface area contributed by atoms with Crippen LogP contribution in [0.4, 0.5) is 8.78 Å². The van der Waals surface area contributed by atoms with Crippen molar-refractivity contribution in [3.8, 4) is 0 Å². The van der Waals surface area contributed by atoms with Crippen molar-refractivity contribution in [2.75, 3.05) is 0 Å². The fourth-order valence-electron chi connectivity index (χ4n) is 1.72. The second kappa shape index (κ2) is 6.08. The lowest BCUT2D eigenvalue weighted by Gasteiger charge is -2.23. The van der Waals surface area contributed by atoms with Gasteiger partial charge in [0.05, 0.1) is 4.47 Å². The zero-order chi connectivity index (χ0) is 13.9. The summed E-state index contributed by atoms with van der Waals surface area (Å²) in [5.74, 6) is 3.77. The van der Waals surface area contributed by atoms with Gasteiger partial charge in [0, 0.05) is 6.04 Å². The summed E-state index contributed by atoms with van der Waals surface area (Å²) < 4.78 is 26.7. The zero-order valence-electron chi connectivity index (χ0n) is 10.9. The molecule has 0 bridgehead atoms. The molecule has 0 amide bonds. The van der Waals surface area contributed by atoms with Crippen LogP contribution in [0.25, 0.3) is 0 Å². The van der Waals surface area contributed by atoms with E-state index in [9.17, 15) is 8.78 Å². The van der Waals surface area contributed by atoms with Crippen molar-refractivity contribution in [1.29, 1.82) is 0 Å².